The Balaban J connectivity index is 1.99. The summed E-state index contributed by atoms with van der Waals surface area (Å²) in [4.78, 5) is 4.75. The summed E-state index contributed by atoms with van der Waals surface area (Å²) in [7, 11) is 2.00. The molecule has 5 heteroatoms. The summed E-state index contributed by atoms with van der Waals surface area (Å²) in [6.07, 6.45) is 0. The molecule has 2 heterocycles. The molecule has 2 aromatic heterocycles. The van der Waals surface area contributed by atoms with Gasteiger partial charge in [0.25, 0.3) is 0 Å². The van der Waals surface area contributed by atoms with Crippen LogP contribution in [0.4, 0.5) is 5.82 Å². The van der Waals surface area contributed by atoms with Crippen LogP contribution in [-0.4, -0.2) is 19.7 Å². The van der Waals surface area contributed by atoms with Crippen LogP contribution in [0.25, 0.3) is 33.7 Å². The van der Waals surface area contributed by atoms with E-state index in [1.54, 1.807) is 0 Å². The van der Waals surface area contributed by atoms with Crippen LogP contribution in [0.1, 0.15) is 5.56 Å². The number of nitrogen functional groups attached to an aromatic ring is 1. The van der Waals surface area contributed by atoms with Gasteiger partial charge in [-0.2, -0.15) is 5.10 Å². The molecule has 0 fully saturated rings. The lowest BCUT2D eigenvalue weighted by molar-refractivity contribution is 0.960. The molecule has 0 spiro atoms. The van der Waals surface area contributed by atoms with Crippen LogP contribution in [0.15, 0.2) is 48.5 Å². The van der Waals surface area contributed by atoms with Gasteiger partial charge in [0.1, 0.15) is 5.82 Å². The van der Waals surface area contributed by atoms with E-state index >= 15 is 0 Å². The number of nitrogens with zero attached hydrogens (tertiary/aromatic N) is 3. The van der Waals surface area contributed by atoms with Gasteiger partial charge in [0.05, 0.1) is 22.3 Å². The Morgan fingerprint density at radius 1 is 1.09 bits per heavy atom. The van der Waals surface area contributed by atoms with Gasteiger partial charge in [-0.25, -0.2) is 4.98 Å². The van der Waals surface area contributed by atoms with Crippen molar-refractivity contribution < 1.29 is 0 Å². The average Bonchev–Trinajstić information content (AvgIpc) is 3.08. The highest BCUT2D eigenvalue weighted by molar-refractivity contribution is 5.89. The molecule has 0 bridgehead atoms. The fourth-order valence-corrected chi connectivity index (χ4v) is 2.96. The molecular weight excluding hydrogens is 286 g/mol. The summed E-state index contributed by atoms with van der Waals surface area (Å²) >= 11 is 0. The van der Waals surface area contributed by atoms with Gasteiger partial charge in [-0.3, -0.25) is 5.10 Å². The molecule has 0 aliphatic carbocycles. The van der Waals surface area contributed by atoms with Crippen LogP contribution in [-0.2, 0) is 7.05 Å². The summed E-state index contributed by atoms with van der Waals surface area (Å²) in [5.41, 5.74) is 12.1. The Hall–Kier alpha value is -3.08. The maximum atomic E-state index is 6.14. The van der Waals surface area contributed by atoms with Crippen molar-refractivity contribution >= 4 is 16.9 Å². The third-order valence-electron chi connectivity index (χ3n) is 4.11. The number of aromatic amines is 1. The number of hydrogen-bond donors (Lipinski definition) is 2. The molecule has 0 amide bonds. The van der Waals surface area contributed by atoms with Gasteiger partial charge in [0, 0.05) is 12.6 Å². The van der Waals surface area contributed by atoms with Gasteiger partial charge in [-0.05, 0) is 25.1 Å². The zero-order chi connectivity index (χ0) is 16.0. The fourth-order valence-electron chi connectivity index (χ4n) is 2.96. The number of H-pyrrole nitrogens is 1. The molecule has 5 nitrogen and oxygen atoms in total. The standard InChI is InChI=1S/C18H17N5/c1-11-6-5-7-12(10-11)16-15(17(19)22-21-16)18-20-13-8-3-4-9-14(13)23(18)2/h3-10H,1-2H3,(H3,19,21,22). The number of aryl methyl sites for hydroxylation is 2. The normalized spacial score (nSPS) is 11.2. The summed E-state index contributed by atoms with van der Waals surface area (Å²) in [5.74, 6) is 1.27. The highest BCUT2D eigenvalue weighted by Crippen LogP contribution is 2.35. The van der Waals surface area contributed by atoms with E-state index in [1.807, 2.05) is 37.4 Å². The molecule has 0 saturated carbocycles. The maximum absolute atomic E-state index is 6.14. The number of imidazole rings is 1. The number of para-hydroxylation sites is 2. The lowest BCUT2D eigenvalue weighted by atomic mass is 10.0. The summed E-state index contributed by atoms with van der Waals surface area (Å²) in [5, 5.41) is 7.27. The largest absolute Gasteiger partial charge is 0.382 e. The van der Waals surface area contributed by atoms with Crippen molar-refractivity contribution in [2.75, 3.05) is 5.73 Å². The Kier molecular flexibility index (Phi) is 2.94. The van der Waals surface area contributed by atoms with Crippen LogP contribution >= 0.6 is 0 Å². The first-order valence-electron chi connectivity index (χ1n) is 7.48. The molecule has 0 aliphatic heterocycles. The van der Waals surface area contributed by atoms with E-state index in [9.17, 15) is 0 Å². The van der Waals surface area contributed by atoms with Crippen molar-refractivity contribution in [3.63, 3.8) is 0 Å². The van der Waals surface area contributed by atoms with Crippen molar-refractivity contribution in [2.24, 2.45) is 7.05 Å². The number of benzene rings is 2. The van der Waals surface area contributed by atoms with Crippen molar-refractivity contribution in [1.82, 2.24) is 19.7 Å². The third kappa shape index (κ3) is 2.09. The van der Waals surface area contributed by atoms with E-state index in [-0.39, 0.29) is 0 Å². The minimum Gasteiger partial charge on any atom is -0.382 e. The number of rotatable bonds is 2. The Labute approximate surface area is 133 Å². The van der Waals surface area contributed by atoms with Gasteiger partial charge in [-0.1, -0.05) is 35.9 Å². The maximum Gasteiger partial charge on any atom is 0.156 e. The summed E-state index contributed by atoms with van der Waals surface area (Å²) < 4.78 is 2.05. The van der Waals surface area contributed by atoms with E-state index in [4.69, 9.17) is 10.7 Å². The predicted octanol–water partition coefficient (Wildman–Crippen LogP) is 3.52. The molecule has 0 unspecified atom stereocenters. The zero-order valence-electron chi connectivity index (χ0n) is 13.0. The van der Waals surface area contributed by atoms with E-state index in [1.165, 1.54) is 5.56 Å². The quantitative estimate of drug-likeness (QED) is 0.595. The number of aromatic nitrogens is 4. The number of anilines is 1. The third-order valence-corrected chi connectivity index (χ3v) is 4.11. The van der Waals surface area contributed by atoms with E-state index in [0.29, 0.717) is 5.82 Å². The van der Waals surface area contributed by atoms with Crippen LogP contribution in [0.3, 0.4) is 0 Å². The SMILES string of the molecule is Cc1cccc(-c2[nH]nc(N)c2-c2nc3ccccc3n2C)c1. The Bertz CT molecular complexity index is 1010. The van der Waals surface area contributed by atoms with Crippen LogP contribution < -0.4 is 5.73 Å². The van der Waals surface area contributed by atoms with Crippen molar-refractivity contribution in [3.05, 3.63) is 54.1 Å². The molecule has 0 aliphatic rings. The first-order chi connectivity index (χ1) is 11.1. The van der Waals surface area contributed by atoms with Crippen molar-refractivity contribution in [3.8, 4) is 22.6 Å². The zero-order valence-corrected chi connectivity index (χ0v) is 13.0. The fraction of sp³-hybridized carbons (Fsp3) is 0.111. The van der Waals surface area contributed by atoms with Crippen LogP contribution in [0.5, 0.6) is 0 Å². The number of fused-ring (bicyclic) bond motifs is 1. The second-order valence-electron chi connectivity index (χ2n) is 5.71. The summed E-state index contributed by atoms with van der Waals surface area (Å²) in [6, 6.07) is 16.3. The molecule has 3 N–H and O–H groups in total. The van der Waals surface area contributed by atoms with Gasteiger partial charge >= 0.3 is 0 Å². The molecule has 0 radical (unpaired) electrons. The molecule has 114 valence electrons. The molecule has 4 aromatic rings. The highest BCUT2D eigenvalue weighted by Gasteiger charge is 2.20. The second-order valence-corrected chi connectivity index (χ2v) is 5.71. The van der Waals surface area contributed by atoms with E-state index < -0.39 is 0 Å². The van der Waals surface area contributed by atoms with Gasteiger partial charge in [0.2, 0.25) is 0 Å². The minimum atomic E-state index is 0.458. The van der Waals surface area contributed by atoms with Crippen molar-refractivity contribution in [2.45, 2.75) is 6.92 Å². The minimum absolute atomic E-state index is 0.458. The molecule has 0 saturated heterocycles. The first-order valence-corrected chi connectivity index (χ1v) is 7.48. The lowest BCUT2D eigenvalue weighted by Crippen LogP contribution is -1.96. The smallest absolute Gasteiger partial charge is 0.156 e. The Morgan fingerprint density at radius 3 is 2.70 bits per heavy atom. The van der Waals surface area contributed by atoms with Crippen molar-refractivity contribution in [1.29, 1.82) is 0 Å². The van der Waals surface area contributed by atoms with Gasteiger partial charge in [-0.15, -0.1) is 0 Å². The highest BCUT2D eigenvalue weighted by atomic mass is 15.2. The van der Waals surface area contributed by atoms with E-state index in [0.717, 1.165) is 33.7 Å². The first kappa shape index (κ1) is 13.6. The topological polar surface area (TPSA) is 72.5 Å². The van der Waals surface area contributed by atoms with Crippen LogP contribution in [0.2, 0.25) is 0 Å². The number of nitrogens with two attached hydrogens (primary N) is 1. The molecule has 23 heavy (non-hydrogen) atoms. The average molecular weight is 303 g/mol. The molecule has 2 aromatic carbocycles. The van der Waals surface area contributed by atoms with E-state index in [2.05, 4.69) is 39.9 Å². The Morgan fingerprint density at radius 2 is 1.91 bits per heavy atom. The molecular formula is C18H17N5. The number of hydrogen-bond acceptors (Lipinski definition) is 3. The van der Waals surface area contributed by atoms with Crippen LogP contribution in [0, 0.1) is 6.92 Å². The predicted molar refractivity (Wildman–Crippen MR) is 92.9 cm³/mol. The monoisotopic (exact) mass is 303 g/mol. The number of nitrogens with one attached hydrogen (secondary N) is 1. The summed E-state index contributed by atoms with van der Waals surface area (Å²) in [6.45, 7) is 2.07. The molecule has 4 rings (SSSR count). The molecule has 0 atom stereocenters. The van der Waals surface area contributed by atoms with Gasteiger partial charge < -0.3 is 10.3 Å². The van der Waals surface area contributed by atoms with Gasteiger partial charge in [0.15, 0.2) is 5.82 Å². The second kappa shape index (κ2) is 4.98. The lowest BCUT2D eigenvalue weighted by Gasteiger charge is -2.06.